The van der Waals surface area contributed by atoms with Crippen LogP contribution in [0, 0.1) is 0 Å². The van der Waals surface area contributed by atoms with Gasteiger partial charge in [0.05, 0.1) is 13.2 Å². The molecule has 1 aromatic heterocycles. The van der Waals surface area contributed by atoms with Crippen molar-refractivity contribution in [3.63, 3.8) is 0 Å². The topological polar surface area (TPSA) is 56.2 Å². The number of halogens is 4. The van der Waals surface area contributed by atoms with Crippen LogP contribution < -0.4 is 5.56 Å². The van der Waals surface area contributed by atoms with E-state index in [1.54, 1.807) is 13.8 Å². The van der Waals surface area contributed by atoms with Crippen molar-refractivity contribution in [1.29, 1.82) is 0 Å². The van der Waals surface area contributed by atoms with Crippen molar-refractivity contribution in [2.75, 3.05) is 6.61 Å². The lowest BCUT2D eigenvalue weighted by molar-refractivity contribution is -0.141. The van der Waals surface area contributed by atoms with Crippen molar-refractivity contribution < 1.29 is 22.6 Å². The summed E-state index contributed by atoms with van der Waals surface area (Å²) in [5, 5.41) is 2.13. The molecule has 0 saturated carbocycles. The lowest BCUT2D eigenvalue weighted by Crippen LogP contribution is -2.25. The maximum Gasteiger partial charge on any atom is 0.424 e. The molecule has 1 saturated heterocycles. The highest BCUT2D eigenvalue weighted by atomic mass is 79.9. The van der Waals surface area contributed by atoms with Crippen LogP contribution in [0.3, 0.4) is 0 Å². The number of ether oxygens (including phenoxy) is 2. The third kappa shape index (κ3) is 3.03. The minimum atomic E-state index is -4.70. The van der Waals surface area contributed by atoms with Crippen molar-refractivity contribution >= 4 is 15.9 Å². The summed E-state index contributed by atoms with van der Waals surface area (Å²) in [5.41, 5.74) is -2.43. The van der Waals surface area contributed by atoms with E-state index in [1.165, 1.54) is 0 Å². The average Bonchev–Trinajstić information content (AvgIpc) is 2.67. The quantitative estimate of drug-likeness (QED) is 0.893. The molecule has 1 unspecified atom stereocenters. The molecule has 19 heavy (non-hydrogen) atoms. The number of aromatic nitrogens is 2. The summed E-state index contributed by atoms with van der Waals surface area (Å²) < 4.78 is 49.4. The number of rotatable bonds is 2. The Hall–Kier alpha value is -0.800. The first-order valence-corrected chi connectivity index (χ1v) is 6.27. The summed E-state index contributed by atoms with van der Waals surface area (Å²) in [6, 6.07) is 0. The molecule has 0 amide bonds. The van der Waals surface area contributed by atoms with E-state index in [2.05, 4.69) is 21.0 Å². The molecule has 1 atom stereocenters. The molecule has 9 heteroatoms. The van der Waals surface area contributed by atoms with Gasteiger partial charge in [-0.05, 0) is 29.8 Å². The SMILES string of the molecule is CC1(C)OCC(Cn2[nH]c(=O)c(C(F)(F)F)c2Br)O1. The smallest absolute Gasteiger partial charge is 0.348 e. The number of alkyl halides is 3. The Labute approximate surface area is 114 Å². The predicted octanol–water partition coefficient (Wildman–Crippen LogP) is 2.11. The van der Waals surface area contributed by atoms with Gasteiger partial charge in [0, 0.05) is 0 Å². The molecule has 0 aliphatic carbocycles. The lowest BCUT2D eigenvalue weighted by Gasteiger charge is -2.17. The fourth-order valence-corrected chi connectivity index (χ4v) is 2.52. The molecule has 2 rings (SSSR count). The Morgan fingerprint density at radius 2 is 2.16 bits per heavy atom. The second-order valence-electron chi connectivity index (χ2n) is 4.67. The molecule has 1 aliphatic rings. The first-order chi connectivity index (χ1) is 8.60. The molecule has 2 heterocycles. The maximum absolute atomic E-state index is 12.6. The summed E-state index contributed by atoms with van der Waals surface area (Å²) in [6.45, 7) is 3.74. The minimum Gasteiger partial charge on any atom is -0.348 e. The van der Waals surface area contributed by atoms with Gasteiger partial charge in [-0.25, -0.2) is 0 Å². The highest BCUT2D eigenvalue weighted by Crippen LogP contribution is 2.32. The van der Waals surface area contributed by atoms with E-state index in [4.69, 9.17) is 9.47 Å². The highest BCUT2D eigenvalue weighted by Gasteiger charge is 2.40. The van der Waals surface area contributed by atoms with Crippen LogP contribution in [-0.2, 0) is 22.2 Å². The standard InChI is InChI=1S/C10H12BrF3N2O3/c1-9(2)18-4-5(19-9)3-16-7(11)6(8(17)15-16)10(12,13)14/h5H,3-4H2,1-2H3,(H,15,17). The zero-order valence-corrected chi connectivity index (χ0v) is 11.8. The van der Waals surface area contributed by atoms with Gasteiger partial charge < -0.3 is 9.47 Å². The molecule has 108 valence electrons. The molecular formula is C10H12BrF3N2O3. The van der Waals surface area contributed by atoms with Crippen LogP contribution in [-0.4, -0.2) is 28.3 Å². The van der Waals surface area contributed by atoms with E-state index in [0.717, 1.165) is 4.68 Å². The number of nitrogens with zero attached hydrogens (tertiary/aromatic N) is 1. The molecule has 1 fully saturated rings. The Bertz CT molecular complexity index is 535. The molecule has 0 radical (unpaired) electrons. The van der Waals surface area contributed by atoms with Crippen LogP contribution in [0.15, 0.2) is 9.40 Å². The summed E-state index contributed by atoms with van der Waals surface area (Å²) in [7, 11) is 0. The third-order valence-electron chi connectivity index (χ3n) is 2.64. The fourth-order valence-electron chi connectivity index (χ4n) is 1.88. The van der Waals surface area contributed by atoms with E-state index >= 15 is 0 Å². The zero-order chi connectivity index (χ0) is 14.4. The van der Waals surface area contributed by atoms with E-state index in [9.17, 15) is 18.0 Å². The van der Waals surface area contributed by atoms with Gasteiger partial charge in [-0.3, -0.25) is 14.6 Å². The van der Waals surface area contributed by atoms with Crippen LogP contribution >= 0.6 is 15.9 Å². The summed E-state index contributed by atoms with van der Waals surface area (Å²) >= 11 is 2.79. The van der Waals surface area contributed by atoms with E-state index in [0.29, 0.717) is 0 Å². The van der Waals surface area contributed by atoms with Crippen molar-refractivity contribution in [1.82, 2.24) is 9.78 Å². The third-order valence-corrected chi connectivity index (χ3v) is 3.47. The lowest BCUT2D eigenvalue weighted by atomic mass is 10.3. The minimum absolute atomic E-state index is 0.0648. The molecule has 1 aromatic rings. The molecule has 0 bridgehead atoms. The Morgan fingerprint density at radius 1 is 1.53 bits per heavy atom. The van der Waals surface area contributed by atoms with Gasteiger partial charge in [0.25, 0.3) is 5.56 Å². The normalized spacial score (nSPS) is 22.9. The Balaban J connectivity index is 2.22. The van der Waals surface area contributed by atoms with Gasteiger partial charge in [-0.2, -0.15) is 13.2 Å². The van der Waals surface area contributed by atoms with Gasteiger partial charge in [0.2, 0.25) is 0 Å². The monoisotopic (exact) mass is 344 g/mol. The number of hydrogen-bond acceptors (Lipinski definition) is 3. The van der Waals surface area contributed by atoms with Gasteiger partial charge in [-0.1, -0.05) is 0 Å². The van der Waals surface area contributed by atoms with Crippen LogP contribution in [0.1, 0.15) is 19.4 Å². The Morgan fingerprint density at radius 3 is 2.58 bits per heavy atom. The summed E-state index contributed by atoms with van der Waals surface area (Å²) in [5.74, 6) is -0.766. The molecule has 0 aromatic carbocycles. The molecule has 1 aliphatic heterocycles. The van der Waals surface area contributed by atoms with Crippen LogP contribution in [0.4, 0.5) is 13.2 Å². The van der Waals surface area contributed by atoms with Crippen LogP contribution in [0.5, 0.6) is 0 Å². The maximum atomic E-state index is 12.6. The van der Waals surface area contributed by atoms with Gasteiger partial charge in [0.15, 0.2) is 11.4 Å². The largest absolute Gasteiger partial charge is 0.424 e. The number of nitrogens with one attached hydrogen (secondary N) is 1. The second-order valence-corrected chi connectivity index (χ2v) is 5.42. The van der Waals surface area contributed by atoms with Gasteiger partial charge in [0.1, 0.15) is 10.7 Å². The van der Waals surface area contributed by atoms with Crippen molar-refractivity contribution in [2.24, 2.45) is 0 Å². The molecular weight excluding hydrogens is 333 g/mol. The predicted molar refractivity (Wildman–Crippen MR) is 62.7 cm³/mol. The van der Waals surface area contributed by atoms with Crippen molar-refractivity contribution in [3.05, 3.63) is 20.5 Å². The zero-order valence-electron chi connectivity index (χ0n) is 10.2. The average molecular weight is 345 g/mol. The number of H-pyrrole nitrogens is 1. The van der Waals surface area contributed by atoms with Crippen molar-refractivity contribution in [2.45, 2.75) is 38.5 Å². The fraction of sp³-hybridized carbons (Fsp3) is 0.700. The first kappa shape index (κ1) is 14.6. The van der Waals surface area contributed by atoms with Crippen LogP contribution in [0.2, 0.25) is 0 Å². The molecule has 5 nitrogen and oxygen atoms in total. The highest BCUT2D eigenvalue weighted by molar-refractivity contribution is 9.10. The first-order valence-electron chi connectivity index (χ1n) is 5.47. The van der Waals surface area contributed by atoms with E-state index < -0.39 is 29.2 Å². The van der Waals surface area contributed by atoms with Crippen molar-refractivity contribution in [3.8, 4) is 0 Å². The van der Waals surface area contributed by atoms with Gasteiger partial charge >= 0.3 is 6.18 Å². The number of hydrogen-bond donors (Lipinski definition) is 1. The van der Waals surface area contributed by atoms with Crippen LogP contribution in [0.25, 0.3) is 0 Å². The van der Waals surface area contributed by atoms with E-state index in [-0.39, 0.29) is 17.8 Å². The number of aromatic amines is 1. The summed E-state index contributed by atoms with van der Waals surface area (Å²) in [6.07, 6.45) is -5.13. The molecule has 0 spiro atoms. The van der Waals surface area contributed by atoms with Gasteiger partial charge in [-0.15, -0.1) is 0 Å². The van der Waals surface area contributed by atoms with E-state index in [1.807, 2.05) is 0 Å². The second kappa shape index (κ2) is 4.64. The Kier molecular flexibility index (Phi) is 3.56. The molecule has 1 N–H and O–H groups in total. The summed E-state index contributed by atoms with van der Waals surface area (Å²) in [4.78, 5) is 11.3.